The standard InChI is InChI=1S/C67H94IN8O19P/c1-96(89,90)95-39-12-11-37-71-60(79)31-29-56(67(87)88)74-62(81)20-3-2-9-35-70-59(78)30-28-54(65(84)75-55(66(85)86)18-8-10-36-69-58(77)21-13-14-49-22-26-53(68)27-23-49)73-63(82)34-40-91-42-44-93-46-47-94-45-43-92-41-38-72-61(80)32-33-64(83)76-48-52-17-5-4-15-50(52)24-25-51-16-6-7-19-57(51)76/h4-7,15-17,19,22-23,26-27,54-56H,2-3,8-14,18,20-21,28-48H2,1H3,(H,69,77)(H,70,78)(H,71,79)(H,72,80)(H,73,82)(H,74,81)(H,75,84)(H,85,86)(H,87,88)(H,89,90)/t54?,55?,56-/m0/s1. The second-order valence-electron chi connectivity index (χ2n) is 22.7. The Morgan fingerprint density at radius 1 is 0.490 bits per heavy atom. The molecule has 10 N–H and O–H groups in total. The van der Waals surface area contributed by atoms with E-state index in [1.54, 1.807) is 4.90 Å². The van der Waals surface area contributed by atoms with Gasteiger partial charge in [-0.3, -0.25) is 42.9 Å². The van der Waals surface area contributed by atoms with Crippen molar-refractivity contribution in [3.8, 4) is 11.8 Å². The summed E-state index contributed by atoms with van der Waals surface area (Å²) in [7, 11) is -3.58. The molecule has 0 spiro atoms. The highest BCUT2D eigenvalue weighted by atomic mass is 127. The first-order valence-corrected chi connectivity index (χ1v) is 35.7. The molecule has 4 rings (SSSR count). The number of halogens is 1. The third-order valence-electron chi connectivity index (χ3n) is 14.8. The number of aliphatic carboxylic acids is 2. The van der Waals surface area contributed by atoms with Crippen LogP contribution in [-0.2, 0) is 88.9 Å². The lowest BCUT2D eigenvalue weighted by atomic mass is 10.0. The van der Waals surface area contributed by atoms with Crippen LogP contribution in [0.3, 0.4) is 0 Å². The Labute approximate surface area is 574 Å². The number of carboxylic acids is 2. The average molecular weight is 1470 g/mol. The number of hydrogen-bond donors (Lipinski definition) is 10. The molecule has 0 aliphatic carbocycles. The van der Waals surface area contributed by atoms with Gasteiger partial charge in [0.2, 0.25) is 47.3 Å². The summed E-state index contributed by atoms with van der Waals surface area (Å²) < 4.78 is 39.3. The summed E-state index contributed by atoms with van der Waals surface area (Å²) in [5.41, 5.74) is 4.36. The zero-order chi connectivity index (χ0) is 69.8. The molecule has 3 aromatic carbocycles. The molecular weight excluding hydrogens is 1380 g/mol. The van der Waals surface area contributed by atoms with Crippen LogP contribution in [0.15, 0.2) is 72.8 Å². The van der Waals surface area contributed by atoms with E-state index in [4.69, 9.17) is 28.4 Å². The molecule has 0 bridgehead atoms. The van der Waals surface area contributed by atoms with Crippen LogP contribution in [0.2, 0.25) is 0 Å². The van der Waals surface area contributed by atoms with Gasteiger partial charge in [0, 0.05) is 92.5 Å². The number of benzene rings is 3. The summed E-state index contributed by atoms with van der Waals surface area (Å²) in [6, 6.07) is 19.3. The molecule has 0 saturated heterocycles. The molecule has 528 valence electrons. The third kappa shape index (κ3) is 36.7. The zero-order valence-electron chi connectivity index (χ0n) is 54.6. The Kier molecular flexibility index (Phi) is 40.1. The number of fused-ring (bicyclic) bond motifs is 2. The van der Waals surface area contributed by atoms with E-state index in [-0.39, 0.29) is 155 Å². The van der Waals surface area contributed by atoms with Crippen molar-refractivity contribution in [1.82, 2.24) is 37.2 Å². The topological polar surface area (TPSA) is 382 Å². The first-order chi connectivity index (χ1) is 46.2. The van der Waals surface area contributed by atoms with Crippen LogP contribution in [0, 0.1) is 15.4 Å². The molecule has 3 aromatic rings. The van der Waals surface area contributed by atoms with Gasteiger partial charge in [-0.1, -0.05) is 60.7 Å². The Balaban J connectivity index is 1.09. The largest absolute Gasteiger partial charge is 0.480 e. The molecule has 0 radical (unpaired) electrons. The zero-order valence-corrected chi connectivity index (χ0v) is 57.7. The summed E-state index contributed by atoms with van der Waals surface area (Å²) in [4.78, 5) is 138. The highest BCUT2D eigenvalue weighted by Gasteiger charge is 2.28. The van der Waals surface area contributed by atoms with E-state index in [2.05, 4.69) is 71.6 Å². The van der Waals surface area contributed by atoms with Crippen LogP contribution >= 0.6 is 30.2 Å². The second kappa shape index (κ2) is 47.5. The number of aryl methyl sites for hydroxylation is 1. The fourth-order valence-electron chi connectivity index (χ4n) is 9.55. The summed E-state index contributed by atoms with van der Waals surface area (Å²) in [6.07, 6.45) is 3.90. The number of hydrogen-bond acceptors (Lipinski definition) is 16. The smallest absolute Gasteiger partial charge is 0.326 e. The molecule has 8 amide bonds. The number of nitrogens with one attached hydrogen (secondary N) is 7. The fourth-order valence-corrected chi connectivity index (χ4v) is 10.4. The molecule has 4 atom stereocenters. The van der Waals surface area contributed by atoms with Crippen molar-refractivity contribution in [2.75, 3.05) is 97.2 Å². The lowest BCUT2D eigenvalue weighted by Crippen LogP contribution is -2.52. The molecule has 0 saturated carbocycles. The van der Waals surface area contributed by atoms with Gasteiger partial charge in [-0.05, 0) is 135 Å². The van der Waals surface area contributed by atoms with Gasteiger partial charge in [0.1, 0.15) is 18.1 Å². The summed E-state index contributed by atoms with van der Waals surface area (Å²) >= 11 is 2.23. The van der Waals surface area contributed by atoms with Crippen molar-refractivity contribution in [2.24, 2.45) is 0 Å². The summed E-state index contributed by atoms with van der Waals surface area (Å²) in [6.45, 7) is 4.06. The van der Waals surface area contributed by atoms with Crippen molar-refractivity contribution in [2.45, 2.75) is 147 Å². The lowest BCUT2D eigenvalue weighted by molar-refractivity contribution is -0.143. The Hall–Kier alpha value is -7.36. The van der Waals surface area contributed by atoms with Gasteiger partial charge < -0.3 is 80.7 Å². The van der Waals surface area contributed by atoms with E-state index in [1.807, 2.05) is 72.8 Å². The molecule has 3 unspecified atom stereocenters. The number of unbranched alkanes of at least 4 members (excludes halogenated alkanes) is 4. The van der Waals surface area contributed by atoms with Gasteiger partial charge in [-0.15, -0.1) is 0 Å². The van der Waals surface area contributed by atoms with Gasteiger partial charge in [0.05, 0.1) is 71.7 Å². The molecule has 96 heavy (non-hydrogen) atoms. The number of carboxylic acid groups (broad SMARTS) is 2. The number of nitrogens with zero attached hydrogens (tertiary/aromatic N) is 1. The monoisotopic (exact) mass is 1470 g/mol. The molecule has 0 fully saturated rings. The van der Waals surface area contributed by atoms with Crippen molar-refractivity contribution < 1.29 is 91.1 Å². The highest BCUT2D eigenvalue weighted by Crippen LogP contribution is 2.36. The molecule has 1 aliphatic heterocycles. The third-order valence-corrected chi connectivity index (χ3v) is 16.1. The minimum Gasteiger partial charge on any atom is -0.480 e. The van der Waals surface area contributed by atoms with Crippen LogP contribution in [0.4, 0.5) is 5.69 Å². The number of amides is 8. The highest BCUT2D eigenvalue weighted by molar-refractivity contribution is 14.1. The van der Waals surface area contributed by atoms with E-state index in [0.717, 1.165) is 38.9 Å². The molecule has 1 heterocycles. The van der Waals surface area contributed by atoms with Crippen LogP contribution in [0.5, 0.6) is 0 Å². The van der Waals surface area contributed by atoms with Crippen LogP contribution in [0.1, 0.15) is 138 Å². The molecule has 0 aromatic heterocycles. The van der Waals surface area contributed by atoms with Gasteiger partial charge >= 0.3 is 19.5 Å². The lowest BCUT2D eigenvalue weighted by Gasteiger charge is -2.26. The maximum absolute atomic E-state index is 13.6. The van der Waals surface area contributed by atoms with Gasteiger partial charge in [-0.25, -0.2) is 9.59 Å². The minimum atomic E-state index is -3.58. The Morgan fingerprint density at radius 3 is 1.64 bits per heavy atom. The average Bonchev–Trinajstić information content (AvgIpc) is 0.818. The first kappa shape index (κ1) is 81.1. The van der Waals surface area contributed by atoms with Crippen molar-refractivity contribution in [3.63, 3.8) is 0 Å². The van der Waals surface area contributed by atoms with Crippen LogP contribution < -0.4 is 42.1 Å². The summed E-state index contributed by atoms with van der Waals surface area (Å²) in [5.74, 6) is 0.377. The number of anilines is 1. The first-order valence-electron chi connectivity index (χ1n) is 32.6. The Bertz CT molecular complexity index is 3070. The van der Waals surface area contributed by atoms with Crippen molar-refractivity contribution in [3.05, 3.63) is 98.6 Å². The van der Waals surface area contributed by atoms with Crippen LogP contribution in [0.25, 0.3) is 0 Å². The minimum absolute atomic E-state index is 0.0107. The number of carbonyl (C=O) groups excluding carboxylic acids is 8. The number of para-hydroxylation sites is 1. The van der Waals surface area contributed by atoms with E-state index in [1.165, 1.54) is 0 Å². The molecular formula is C67H94IN8O19P. The van der Waals surface area contributed by atoms with E-state index >= 15 is 0 Å². The molecule has 29 heteroatoms. The predicted octanol–water partition coefficient (Wildman–Crippen LogP) is 4.79. The van der Waals surface area contributed by atoms with E-state index in [9.17, 15) is 62.7 Å². The number of ether oxygens (including phenoxy) is 4. The van der Waals surface area contributed by atoms with Gasteiger partial charge in [-0.2, -0.15) is 0 Å². The van der Waals surface area contributed by atoms with Crippen molar-refractivity contribution >= 4 is 95.1 Å². The summed E-state index contributed by atoms with van der Waals surface area (Å²) in [5, 5.41) is 38.2. The second-order valence-corrected chi connectivity index (χ2v) is 25.8. The number of rotatable bonds is 51. The van der Waals surface area contributed by atoms with Gasteiger partial charge in [0.25, 0.3) is 0 Å². The maximum Gasteiger partial charge on any atom is 0.326 e. The van der Waals surface area contributed by atoms with Crippen LogP contribution in [-0.4, -0.2) is 185 Å². The Morgan fingerprint density at radius 2 is 0.990 bits per heavy atom. The van der Waals surface area contributed by atoms with Crippen molar-refractivity contribution in [1.29, 1.82) is 0 Å². The van der Waals surface area contributed by atoms with E-state index in [0.29, 0.717) is 76.6 Å². The van der Waals surface area contributed by atoms with E-state index < -0.39 is 67.2 Å². The quantitative estimate of drug-likeness (QED) is 0.0157. The molecule has 27 nitrogen and oxygen atoms in total. The molecule has 1 aliphatic rings. The van der Waals surface area contributed by atoms with Gasteiger partial charge in [0.15, 0.2) is 0 Å². The SMILES string of the molecule is CP(=O)(O)OCCCCNC(=O)CC[C@H](NC(=O)CCCCCNC(=O)CCC(NC(=O)CCOCCOCCOCCOCCNC(=O)CCC(=O)N1Cc2ccccc2C#Cc2ccccc21)C(=O)NC(CCCCNC(=O)CCCc1ccc(I)cc1)C(=O)O)C(=O)O. The predicted molar refractivity (Wildman–Crippen MR) is 364 cm³/mol. The number of carbonyl (C=O) groups is 10. The fraction of sp³-hybridized carbons (Fsp3) is 0.552. The normalized spacial score (nSPS) is 13.1. The maximum atomic E-state index is 13.6.